The molecule has 3 heterocycles. The van der Waals surface area contributed by atoms with E-state index in [0.717, 1.165) is 37.5 Å². The minimum atomic E-state index is -4.77. The smallest absolute Gasteiger partial charge is 0.320 e. The van der Waals surface area contributed by atoms with Crippen LogP contribution in [0.1, 0.15) is 64.3 Å². The molecule has 2 N–H and O–H groups in total. The number of benzene rings is 1. The summed E-state index contributed by atoms with van der Waals surface area (Å²) in [6, 6.07) is 8.41. The number of allylic oxidation sites excluding steroid dienone is 1. The quantitative estimate of drug-likeness (QED) is 0.528. The molecule has 0 spiro atoms. The number of rotatable bonds is 3. The fourth-order valence-corrected chi connectivity index (χ4v) is 7.79. The zero-order chi connectivity index (χ0) is 22.9. The van der Waals surface area contributed by atoms with Crippen LogP contribution < -0.4 is 11.0 Å². The summed E-state index contributed by atoms with van der Waals surface area (Å²) in [5, 5.41) is 0. The molecule has 1 aromatic carbocycles. The molecule has 1 saturated carbocycles. The number of fused-ring (bicyclic) bond motifs is 6. The van der Waals surface area contributed by atoms with Crippen molar-refractivity contribution in [3.63, 3.8) is 0 Å². The lowest BCUT2D eigenvalue weighted by molar-refractivity contribution is -0.0121. The van der Waals surface area contributed by atoms with Crippen LogP contribution in [0.2, 0.25) is 0 Å². The second-order valence-electron chi connectivity index (χ2n) is 10.7. The monoisotopic (exact) mass is 469 g/mol. The van der Waals surface area contributed by atoms with Crippen LogP contribution in [0, 0.1) is 11.8 Å². The summed E-state index contributed by atoms with van der Waals surface area (Å²) < 4.78 is 13.7. The van der Waals surface area contributed by atoms with Gasteiger partial charge in [0.25, 0.3) is 5.56 Å². The molecule has 4 bridgehead atoms. The number of hydrogen-bond acceptors (Lipinski definition) is 4. The molecule has 8 heteroatoms. The Balaban J connectivity index is 1.39. The Morgan fingerprint density at radius 1 is 1.00 bits per heavy atom. The average molecular weight is 470 g/mol. The third-order valence-electron chi connectivity index (χ3n) is 8.72. The molecule has 3 fully saturated rings. The van der Waals surface area contributed by atoms with Crippen molar-refractivity contribution in [2.45, 2.75) is 82.5 Å². The van der Waals surface area contributed by atoms with Crippen LogP contribution in [0.4, 0.5) is 0 Å². The Labute approximate surface area is 193 Å². The topological polar surface area (TPSA) is 95.7 Å². The van der Waals surface area contributed by atoms with Crippen molar-refractivity contribution in [2.75, 3.05) is 0 Å². The van der Waals surface area contributed by atoms with Crippen molar-refractivity contribution in [2.24, 2.45) is 11.8 Å². The first-order chi connectivity index (χ1) is 15.8. The van der Waals surface area contributed by atoms with Gasteiger partial charge in [-0.25, -0.2) is 4.98 Å². The highest BCUT2D eigenvalue weighted by Crippen LogP contribution is 2.48. The van der Waals surface area contributed by atoms with Gasteiger partial charge in [0.05, 0.1) is 11.0 Å². The third-order valence-corrected chi connectivity index (χ3v) is 9.56. The van der Waals surface area contributed by atoms with Crippen molar-refractivity contribution >= 4 is 24.1 Å². The van der Waals surface area contributed by atoms with Crippen molar-refractivity contribution in [3.05, 3.63) is 46.3 Å². The molecular weight excluding hydrogens is 437 g/mol. The van der Waals surface area contributed by atoms with Gasteiger partial charge >= 0.3 is 7.60 Å². The van der Waals surface area contributed by atoms with E-state index in [4.69, 9.17) is 0 Å². The van der Waals surface area contributed by atoms with Gasteiger partial charge in [-0.15, -0.1) is 0 Å². The number of aromatic nitrogens is 2. The first-order valence-corrected chi connectivity index (χ1v) is 13.9. The molecule has 7 nitrogen and oxygen atoms in total. The first kappa shape index (κ1) is 21.7. The Bertz CT molecular complexity index is 1210. The predicted molar refractivity (Wildman–Crippen MR) is 128 cm³/mol. The third kappa shape index (κ3) is 3.65. The van der Waals surface area contributed by atoms with E-state index in [0.29, 0.717) is 29.2 Å². The van der Waals surface area contributed by atoms with Crippen molar-refractivity contribution in [1.82, 2.24) is 14.5 Å². The highest BCUT2D eigenvalue weighted by atomic mass is 31.2. The van der Waals surface area contributed by atoms with Gasteiger partial charge in [-0.05, 0) is 75.8 Å². The maximum Gasteiger partial charge on any atom is 0.380 e. The predicted octanol–water partition coefficient (Wildman–Crippen LogP) is 3.50. The van der Waals surface area contributed by atoms with Gasteiger partial charge in [-0.2, -0.15) is 0 Å². The molecule has 2 aliphatic heterocycles. The molecule has 0 unspecified atom stereocenters. The van der Waals surface area contributed by atoms with E-state index >= 15 is 0 Å². The molecule has 0 amide bonds. The van der Waals surface area contributed by atoms with Gasteiger partial charge in [0.1, 0.15) is 0 Å². The van der Waals surface area contributed by atoms with Crippen LogP contribution in [-0.4, -0.2) is 42.4 Å². The molecule has 3 aliphatic carbocycles. The van der Waals surface area contributed by atoms with E-state index in [1.807, 2.05) is 12.1 Å². The number of hydrogen-bond donors (Lipinski definition) is 2. The normalized spacial score (nSPS) is 34.5. The van der Waals surface area contributed by atoms with E-state index in [2.05, 4.69) is 22.9 Å². The van der Waals surface area contributed by atoms with E-state index in [1.165, 1.54) is 25.7 Å². The Morgan fingerprint density at radius 2 is 1.70 bits per heavy atom. The van der Waals surface area contributed by atoms with E-state index in [-0.39, 0.29) is 6.04 Å². The first-order valence-electron chi connectivity index (χ1n) is 12.3. The fourth-order valence-electron chi connectivity index (χ4n) is 7.19. The van der Waals surface area contributed by atoms with E-state index in [1.54, 1.807) is 22.3 Å². The van der Waals surface area contributed by atoms with Crippen molar-refractivity contribution in [3.8, 4) is 0 Å². The maximum atomic E-state index is 13.4. The lowest BCUT2D eigenvalue weighted by atomic mass is 9.71. The Kier molecular flexibility index (Phi) is 5.18. The second kappa shape index (κ2) is 7.88. The molecule has 0 radical (unpaired) electrons. The highest BCUT2D eigenvalue weighted by molar-refractivity contribution is 7.59. The maximum absolute atomic E-state index is 13.4. The number of piperidine rings is 2. The molecule has 4 atom stereocenters. The Hall–Kier alpha value is -1.79. The zero-order valence-electron chi connectivity index (χ0n) is 19.0. The summed E-state index contributed by atoms with van der Waals surface area (Å²) >= 11 is 0. The molecule has 176 valence electrons. The van der Waals surface area contributed by atoms with Gasteiger partial charge in [-0.1, -0.05) is 30.2 Å². The van der Waals surface area contributed by atoms with Gasteiger partial charge in [0.15, 0.2) is 0 Å². The summed E-state index contributed by atoms with van der Waals surface area (Å²) in [5.41, 5.74) is 1.42. The zero-order valence-corrected chi connectivity index (χ0v) is 19.9. The molecule has 2 saturated heterocycles. The fraction of sp³-hybridized carbons (Fsp3) is 0.600. The molecule has 2 aromatic rings. The summed E-state index contributed by atoms with van der Waals surface area (Å²) in [7, 11) is -4.77. The van der Waals surface area contributed by atoms with Crippen LogP contribution in [0.5, 0.6) is 0 Å². The standard InChI is InChI=1S/C25H32N3O4P/c1-15-9-20(12-16-10-17(15)11-16)27-18-5-4-6-19(27)14-21(13-18)28-23-8-3-2-7-22(23)26-24(25(28)29)33(30,31)32/h2-3,7-9,16-21H,4-6,10-14H2,1H3,(H2,30,31,32)/t16-,17+,18-,19+,20-,21+/m0/s1. The largest absolute Gasteiger partial charge is 0.380 e. The lowest BCUT2D eigenvalue weighted by Crippen LogP contribution is -2.57. The van der Waals surface area contributed by atoms with Crippen LogP contribution in [-0.2, 0) is 4.57 Å². The summed E-state index contributed by atoms with van der Waals surface area (Å²) in [6.07, 6.45) is 11.6. The van der Waals surface area contributed by atoms with Gasteiger partial charge < -0.3 is 14.4 Å². The van der Waals surface area contributed by atoms with E-state index in [9.17, 15) is 19.1 Å². The molecule has 7 rings (SSSR count). The summed E-state index contributed by atoms with van der Waals surface area (Å²) in [6.45, 7) is 2.30. The minimum absolute atomic E-state index is 0.0771. The van der Waals surface area contributed by atoms with Crippen LogP contribution in [0.15, 0.2) is 40.7 Å². The van der Waals surface area contributed by atoms with Crippen LogP contribution >= 0.6 is 7.60 Å². The molecule has 5 aliphatic rings. The number of para-hydroxylation sites is 2. The SMILES string of the molecule is CC1=C[C@H](N2[C@@H]3CCC[C@H]2C[C@@H](n2c(=O)c(P(=O)(O)O)nc4ccccc42)C3)C[C@H]2C[C@@H]1C2. The van der Waals surface area contributed by atoms with Gasteiger partial charge in [0, 0.05) is 24.2 Å². The lowest BCUT2D eigenvalue weighted by Gasteiger charge is -2.52. The van der Waals surface area contributed by atoms with Crippen LogP contribution in [0.25, 0.3) is 11.0 Å². The van der Waals surface area contributed by atoms with Crippen molar-refractivity contribution < 1.29 is 14.4 Å². The summed E-state index contributed by atoms with van der Waals surface area (Å²) in [4.78, 5) is 39.8. The Morgan fingerprint density at radius 3 is 2.39 bits per heavy atom. The van der Waals surface area contributed by atoms with Crippen molar-refractivity contribution in [1.29, 1.82) is 0 Å². The van der Waals surface area contributed by atoms with Gasteiger partial charge in [-0.3, -0.25) is 14.3 Å². The summed E-state index contributed by atoms with van der Waals surface area (Å²) in [5.74, 6) is 1.62. The van der Waals surface area contributed by atoms with E-state index < -0.39 is 18.6 Å². The number of nitrogens with zero attached hydrogens (tertiary/aromatic N) is 3. The average Bonchev–Trinajstić information content (AvgIpc) is 2.99. The molecular formula is C25H32N3O4P. The minimum Gasteiger partial charge on any atom is -0.320 e. The van der Waals surface area contributed by atoms with Gasteiger partial charge in [0.2, 0.25) is 5.44 Å². The second-order valence-corrected chi connectivity index (χ2v) is 12.2. The molecule has 1 aromatic heterocycles. The molecule has 33 heavy (non-hydrogen) atoms. The highest BCUT2D eigenvalue weighted by Gasteiger charge is 2.45. The van der Waals surface area contributed by atoms with Crippen LogP contribution in [0.3, 0.4) is 0 Å².